The summed E-state index contributed by atoms with van der Waals surface area (Å²) < 4.78 is 14.8. The first kappa shape index (κ1) is 25.4. The molecule has 1 saturated heterocycles. The Bertz CT molecular complexity index is 1750. The SMILES string of the molecule is O=C(NCc1ccnc(Cl)c1)N1CC2(CCN(Cc3ccc4cc(F)ccc4c3)CC2)c2c1ccc1scnc21. The third-order valence-corrected chi connectivity index (χ3v) is 9.33. The fourth-order valence-electron chi connectivity index (χ4n) is 6.31. The Balaban J connectivity index is 1.11. The summed E-state index contributed by atoms with van der Waals surface area (Å²) in [5.41, 5.74) is 7.08. The van der Waals surface area contributed by atoms with E-state index < -0.39 is 0 Å². The Morgan fingerprint density at radius 1 is 1.00 bits per heavy atom. The highest BCUT2D eigenvalue weighted by Gasteiger charge is 2.48. The summed E-state index contributed by atoms with van der Waals surface area (Å²) in [5, 5.41) is 5.46. The van der Waals surface area contributed by atoms with Crippen LogP contribution >= 0.6 is 22.9 Å². The van der Waals surface area contributed by atoms with Crippen LogP contribution in [0.4, 0.5) is 14.9 Å². The van der Waals surface area contributed by atoms with Gasteiger partial charge in [0, 0.05) is 36.8 Å². The number of aromatic nitrogens is 2. The van der Waals surface area contributed by atoms with Gasteiger partial charge in [-0.1, -0.05) is 29.8 Å². The van der Waals surface area contributed by atoms with Crippen LogP contribution in [0, 0.1) is 5.82 Å². The molecule has 7 rings (SSSR count). The number of carbonyl (C=O) groups is 1. The Hall–Kier alpha value is -3.59. The minimum Gasteiger partial charge on any atom is -0.334 e. The van der Waals surface area contributed by atoms with Gasteiger partial charge in [-0.25, -0.2) is 19.2 Å². The van der Waals surface area contributed by atoms with Gasteiger partial charge in [-0.3, -0.25) is 9.80 Å². The number of fused-ring (bicyclic) bond motifs is 5. The van der Waals surface area contributed by atoms with Gasteiger partial charge in [-0.15, -0.1) is 11.3 Å². The van der Waals surface area contributed by atoms with Crippen LogP contribution in [-0.4, -0.2) is 40.5 Å². The predicted octanol–water partition coefficient (Wildman–Crippen LogP) is 6.90. The number of halogens is 2. The van der Waals surface area contributed by atoms with E-state index in [0.717, 1.165) is 64.7 Å². The second kappa shape index (κ2) is 10.1. The van der Waals surface area contributed by atoms with Crippen molar-refractivity contribution in [2.45, 2.75) is 31.3 Å². The second-order valence-electron chi connectivity index (χ2n) is 10.8. The molecule has 3 aromatic carbocycles. The van der Waals surface area contributed by atoms with E-state index in [2.05, 4.69) is 39.5 Å². The summed E-state index contributed by atoms with van der Waals surface area (Å²) >= 11 is 7.67. The molecule has 1 fully saturated rings. The molecule has 1 N–H and O–H groups in total. The van der Waals surface area contributed by atoms with E-state index in [0.29, 0.717) is 18.2 Å². The minimum absolute atomic E-state index is 0.115. The van der Waals surface area contributed by atoms with Crippen LogP contribution in [0.25, 0.3) is 21.0 Å². The number of rotatable bonds is 4. The van der Waals surface area contributed by atoms with Gasteiger partial charge in [-0.2, -0.15) is 0 Å². The lowest BCUT2D eigenvalue weighted by molar-refractivity contribution is 0.160. The molecule has 9 heteroatoms. The quantitative estimate of drug-likeness (QED) is 0.238. The number of anilines is 1. The first-order valence-electron chi connectivity index (χ1n) is 13.4. The summed E-state index contributed by atoms with van der Waals surface area (Å²) in [6, 6.07) is 18.9. The molecule has 4 heterocycles. The largest absolute Gasteiger partial charge is 0.334 e. The number of piperidine rings is 1. The van der Waals surface area contributed by atoms with Crippen molar-refractivity contribution in [1.82, 2.24) is 20.2 Å². The number of benzene rings is 3. The maximum Gasteiger partial charge on any atom is 0.322 e. The molecule has 0 saturated carbocycles. The molecular formula is C31H27ClFN5OS. The van der Waals surface area contributed by atoms with E-state index in [1.807, 2.05) is 28.6 Å². The number of hydrogen-bond donors (Lipinski definition) is 1. The first-order valence-corrected chi connectivity index (χ1v) is 14.7. The highest BCUT2D eigenvalue weighted by atomic mass is 35.5. The fourth-order valence-corrected chi connectivity index (χ4v) is 7.19. The lowest BCUT2D eigenvalue weighted by Gasteiger charge is -2.40. The molecule has 2 aliphatic heterocycles. The van der Waals surface area contributed by atoms with Crippen molar-refractivity contribution >= 4 is 55.6 Å². The first-order chi connectivity index (χ1) is 19.5. The standard InChI is InChI=1S/C31H27ClFN5OS/c32-27-14-20(7-10-34-27)16-35-30(39)38-18-31(28-25(38)5-6-26-29(28)36-19-40-26)8-11-37(12-9-31)17-21-1-2-23-15-24(33)4-3-22(23)13-21/h1-7,10,13-15,19H,8-9,11-12,16-18H2,(H,35,39). The number of likely N-dealkylation sites (tertiary alicyclic amines) is 1. The molecule has 40 heavy (non-hydrogen) atoms. The summed E-state index contributed by atoms with van der Waals surface area (Å²) in [5.74, 6) is -0.211. The average molecular weight is 572 g/mol. The number of urea groups is 1. The molecule has 0 radical (unpaired) electrons. The van der Waals surface area contributed by atoms with E-state index in [1.54, 1.807) is 29.7 Å². The van der Waals surface area contributed by atoms with E-state index >= 15 is 0 Å². The summed E-state index contributed by atoms with van der Waals surface area (Å²) in [4.78, 5) is 26.7. The Morgan fingerprint density at radius 3 is 2.67 bits per heavy atom. The Morgan fingerprint density at radius 2 is 1.82 bits per heavy atom. The van der Waals surface area contributed by atoms with E-state index in [4.69, 9.17) is 16.6 Å². The molecule has 2 aliphatic rings. The van der Waals surface area contributed by atoms with E-state index in [9.17, 15) is 9.18 Å². The number of thiazole rings is 1. The highest BCUT2D eigenvalue weighted by Crippen LogP contribution is 2.50. The number of pyridine rings is 1. The average Bonchev–Trinajstić information content (AvgIpc) is 3.56. The molecule has 2 amide bonds. The molecule has 0 bridgehead atoms. The summed E-state index contributed by atoms with van der Waals surface area (Å²) in [7, 11) is 0. The lowest BCUT2D eigenvalue weighted by Crippen LogP contribution is -2.47. The van der Waals surface area contributed by atoms with Crippen LogP contribution in [0.3, 0.4) is 0 Å². The van der Waals surface area contributed by atoms with Gasteiger partial charge in [0.2, 0.25) is 0 Å². The monoisotopic (exact) mass is 571 g/mol. The van der Waals surface area contributed by atoms with Gasteiger partial charge in [0.25, 0.3) is 0 Å². The van der Waals surface area contributed by atoms with Crippen LogP contribution in [-0.2, 0) is 18.5 Å². The van der Waals surface area contributed by atoms with Crippen molar-refractivity contribution in [2.24, 2.45) is 0 Å². The van der Waals surface area contributed by atoms with Gasteiger partial charge < -0.3 is 5.32 Å². The minimum atomic E-state index is -0.211. The number of carbonyl (C=O) groups excluding carboxylic acids is 1. The lowest BCUT2D eigenvalue weighted by atomic mass is 9.74. The van der Waals surface area contributed by atoms with Crippen molar-refractivity contribution in [3.8, 4) is 0 Å². The third-order valence-electron chi connectivity index (χ3n) is 8.33. The summed E-state index contributed by atoms with van der Waals surface area (Å²) in [6.45, 7) is 3.71. The van der Waals surface area contributed by atoms with Crippen molar-refractivity contribution in [3.63, 3.8) is 0 Å². The second-order valence-corrected chi connectivity index (χ2v) is 12.0. The summed E-state index contributed by atoms with van der Waals surface area (Å²) in [6.07, 6.45) is 3.53. The molecule has 202 valence electrons. The van der Waals surface area contributed by atoms with E-state index in [1.165, 1.54) is 17.2 Å². The zero-order valence-corrected chi connectivity index (χ0v) is 23.3. The van der Waals surface area contributed by atoms with Crippen molar-refractivity contribution in [1.29, 1.82) is 0 Å². The van der Waals surface area contributed by atoms with Crippen molar-refractivity contribution < 1.29 is 9.18 Å². The Kier molecular flexibility index (Phi) is 6.41. The van der Waals surface area contributed by atoms with Gasteiger partial charge >= 0.3 is 6.03 Å². The zero-order valence-electron chi connectivity index (χ0n) is 21.7. The number of nitrogens with zero attached hydrogens (tertiary/aromatic N) is 4. The van der Waals surface area contributed by atoms with Crippen molar-refractivity contribution in [2.75, 3.05) is 24.5 Å². The number of nitrogens with one attached hydrogen (secondary N) is 1. The van der Waals surface area contributed by atoms with E-state index in [-0.39, 0.29) is 17.3 Å². The fraction of sp³-hybridized carbons (Fsp3) is 0.258. The maximum atomic E-state index is 13.6. The normalized spacial score (nSPS) is 16.6. The van der Waals surface area contributed by atoms with Crippen molar-refractivity contribution in [3.05, 3.63) is 100 Å². The van der Waals surface area contributed by atoms with Crippen LogP contribution in [0.5, 0.6) is 0 Å². The zero-order chi connectivity index (χ0) is 27.3. The molecule has 1 spiro atoms. The molecule has 0 aliphatic carbocycles. The van der Waals surface area contributed by atoms with Gasteiger partial charge in [0.05, 0.1) is 21.4 Å². The van der Waals surface area contributed by atoms with Crippen LogP contribution in [0.15, 0.2) is 72.4 Å². The van der Waals surface area contributed by atoms with Gasteiger partial charge in [0.15, 0.2) is 0 Å². The third kappa shape index (κ3) is 4.60. The topological polar surface area (TPSA) is 61.4 Å². The van der Waals surface area contributed by atoms with Crippen LogP contribution in [0.1, 0.15) is 29.5 Å². The Labute approximate surface area is 240 Å². The molecule has 0 atom stereocenters. The molecule has 2 aromatic heterocycles. The number of hydrogen-bond acceptors (Lipinski definition) is 5. The smallest absolute Gasteiger partial charge is 0.322 e. The van der Waals surface area contributed by atoms with Crippen LogP contribution in [0.2, 0.25) is 5.15 Å². The molecule has 0 unspecified atom stereocenters. The maximum absolute atomic E-state index is 13.6. The predicted molar refractivity (Wildman–Crippen MR) is 159 cm³/mol. The van der Waals surface area contributed by atoms with Gasteiger partial charge in [0.1, 0.15) is 11.0 Å². The molecule has 5 aromatic rings. The number of amides is 2. The van der Waals surface area contributed by atoms with Gasteiger partial charge in [-0.05, 0) is 90.3 Å². The van der Waals surface area contributed by atoms with Crippen LogP contribution < -0.4 is 10.2 Å². The molecule has 6 nitrogen and oxygen atoms in total. The molecular weight excluding hydrogens is 545 g/mol. The highest BCUT2D eigenvalue weighted by molar-refractivity contribution is 7.16.